The van der Waals surface area contributed by atoms with E-state index < -0.39 is 5.82 Å². The zero-order chi connectivity index (χ0) is 16.2. The summed E-state index contributed by atoms with van der Waals surface area (Å²) in [6.45, 7) is 0.196. The van der Waals surface area contributed by atoms with E-state index in [1.54, 1.807) is 30.5 Å². The first-order valence-corrected chi connectivity index (χ1v) is 7.91. The molecule has 3 aromatic rings. The lowest BCUT2D eigenvalue weighted by Crippen LogP contribution is -2.31. The van der Waals surface area contributed by atoms with Gasteiger partial charge in [-0.15, -0.1) is 11.3 Å². The van der Waals surface area contributed by atoms with E-state index in [2.05, 4.69) is 4.98 Å². The highest BCUT2D eigenvalue weighted by Crippen LogP contribution is 2.22. The van der Waals surface area contributed by atoms with Crippen molar-refractivity contribution in [3.05, 3.63) is 59.4 Å². The second-order valence-corrected chi connectivity index (χ2v) is 6.16. The van der Waals surface area contributed by atoms with Gasteiger partial charge in [0.05, 0.1) is 16.8 Å². The summed E-state index contributed by atoms with van der Waals surface area (Å²) in [5.41, 5.74) is 0.927. The van der Waals surface area contributed by atoms with Crippen molar-refractivity contribution in [1.82, 2.24) is 9.88 Å². The van der Waals surface area contributed by atoms with Crippen LogP contribution in [-0.4, -0.2) is 29.4 Å². The van der Waals surface area contributed by atoms with Gasteiger partial charge in [0.25, 0.3) is 5.91 Å². The summed E-state index contributed by atoms with van der Waals surface area (Å²) in [6, 6.07) is 13.9. The van der Waals surface area contributed by atoms with Crippen LogP contribution in [0.2, 0.25) is 0 Å². The van der Waals surface area contributed by atoms with Crippen molar-refractivity contribution < 1.29 is 13.9 Å². The molecular weight excluding hydrogens is 315 g/mol. The average molecular weight is 330 g/mol. The van der Waals surface area contributed by atoms with E-state index in [1.807, 2.05) is 24.3 Å². The molecule has 0 aliphatic rings. The molecule has 0 spiro atoms. The van der Waals surface area contributed by atoms with Crippen LogP contribution in [0, 0.1) is 5.82 Å². The van der Waals surface area contributed by atoms with Crippen LogP contribution in [0.4, 0.5) is 4.39 Å². The molecule has 1 aromatic heterocycles. The Balaban J connectivity index is 1.60. The van der Waals surface area contributed by atoms with E-state index >= 15 is 0 Å². The maximum atomic E-state index is 13.4. The van der Waals surface area contributed by atoms with Gasteiger partial charge in [-0.2, -0.15) is 0 Å². The number of nitrogens with zero attached hydrogens (tertiary/aromatic N) is 2. The molecule has 0 aliphatic carbocycles. The summed E-state index contributed by atoms with van der Waals surface area (Å²) < 4.78 is 19.8. The molecule has 3 rings (SSSR count). The Morgan fingerprint density at radius 1 is 1.22 bits per heavy atom. The highest BCUT2D eigenvalue weighted by molar-refractivity contribution is 7.18. The van der Waals surface area contributed by atoms with Crippen molar-refractivity contribution in [3.63, 3.8) is 0 Å². The molecule has 0 saturated carbocycles. The Labute approximate surface area is 137 Å². The number of ether oxygens (including phenoxy) is 1. The highest BCUT2D eigenvalue weighted by atomic mass is 32.1. The fourth-order valence-electron chi connectivity index (χ4n) is 2.09. The number of carbonyl (C=O) groups is 1. The van der Waals surface area contributed by atoms with E-state index in [0.29, 0.717) is 6.54 Å². The summed E-state index contributed by atoms with van der Waals surface area (Å²) >= 11 is 1.55. The number of halogens is 1. The van der Waals surface area contributed by atoms with Gasteiger partial charge in [-0.25, -0.2) is 9.37 Å². The first-order valence-electron chi connectivity index (χ1n) is 7.09. The molecular formula is C17H15FN2O2S. The molecule has 2 aromatic carbocycles. The quantitative estimate of drug-likeness (QED) is 0.719. The molecule has 0 radical (unpaired) electrons. The van der Waals surface area contributed by atoms with Gasteiger partial charge >= 0.3 is 0 Å². The number of hydrogen-bond donors (Lipinski definition) is 0. The van der Waals surface area contributed by atoms with Gasteiger partial charge in [0.15, 0.2) is 18.2 Å². The minimum atomic E-state index is -0.478. The lowest BCUT2D eigenvalue weighted by Gasteiger charge is -2.16. The topological polar surface area (TPSA) is 42.4 Å². The minimum Gasteiger partial charge on any atom is -0.481 e. The summed E-state index contributed by atoms with van der Waals surface area (Å²) in [5, 5.41) is 0.855. The Kier molecular flexibility index (Phi) is 4.52. The lowest BCUT2D eigenvalue weighted by molar-refractivity contribution is -0.132. The van der Waals surface area contributed by atoms with Crippen LogP contribution in [0.15, 0.2) is 48.5 Å². The maximum Gasteiger partial charge on any atom is 0.260 e. The molecule has 6 heteroatoms. The van der Waals surface area contributed by atoms with E-state index in [4.69, 9.17) is 4.74 Å². The third-order valence-corrected chi connectivity index (χ3v) is 4.35. The molecule has 0 saturated heterocycles. The van der Waals surface area contributed by atoms with Crippen molar-refractivity contribution in [2.45, 2.75) is 6.54 Å². The first-order chi connectivity index (χ1) is 11.1. The fraction of sp³-hybridized carbons (Fsp3) is 0.176. The Morgan fingerprint density at radius 2 is 1.96 bits per heavy atom. The number of hydrogen-bond acceptors (Lipinski definition) is 4. The molecule has 0 fully saturated rings. The number of benzene rings is 2. The second-order valence-electron chi connectivity index (χ2n) is 5.04. The molecule has 0 bridgehead atoms. The first kappa shape index (κ1) is 15.4. The summed E-state index contributed by atoms with van der Waals surface area (Å²) in [7, 11) is 1.68. The van der Waals surface area contributed by atoms with Crippen LogP contribution in [0.25, 0.3) is 10.2 Å². The van der Waals surface area contributed by atoms with E-state index in [9.17, 15) is 9.18 Å². The Morgan fingerprint density at radius 3 is 2.74 bits per heavy atom. The summed E-state index contributed by atoms with van der Waals surface area (Å²) in [6.07, 6.45) is 0. The molecule has 1 heterocycles. The van der Waals surface area contributed by atoms with Gasteiger partial charge in [0, 0.05) is 7.05 Å². The van der Waals surface area contributed by atoms with E-state index in [-0.39, 0.29) is 18.3 Å². The lowest BCUT2D eigenvalue weighted by atomic mass is 10.3. The van der Waals surface area contributed by atoms with Crippen molar-refractivity contribution in [1.29, 1.82) is 0 Å². The predicted molar refractivity (Wildman–Crippen MR) is 88.0 cm³/mol. The number of amides is 1. The van der Waals surface area contributed by atoms with Gasteiger partial charge in [-0.05, 0) is 24.3 Å². The van der Waals surface area contributed by atoms with Crippen LogP contribution in [0.1, 0.15) is 5.01 Å². The van der Waals surface area contributed by atoms with Crippen molar-refractivity contribution in [2.75, 3.05) is 13.7 Å². The van der Waals surface area contributed by atoms with Crippen LogP contribution in [-0.2, 0) is 11.3 Å². The molecule has 23 heavy (non-hydrogen) atoms. The van der Waals surface area contributed by atoms with Gasteiger partial charge in [0.2, 0.25) is 0 Å². The normalized spacial score (nSPS) is 10.7. The molecule has 4 nitrogen and oxygen atoms in total. The van der Waals surface area contributed by atoms with E-state index in [1.165, 1.54) is 17.0 Å². The smallest absolute Gasteiger partial charge is 0.260 e. The maximum absolute atomic E-state index is 13.4. The summed E-state index contributed by atoms with van der Waals surface area (Å²) in [4.78, 5) is 18.1. The largest absolute Gasteiger partial charge is 0.481 e. The SMILES string of the molecule is CN(Cc1nc2ccccc2s1)C(=O)COc1ccccc1F. The second kappa shape index (κ2) is 6.75. The molecule has 0 aliphatic heterocycles. The van der Waals surface area contributed by atoms with E-state index in [0.717, 1.165) is 15.2 Å². The van der Waals surface area contributed by atoms with Crippen molar-refractivity contribution in [2.24, 2.45) is 0 Å². The van der Waals surface area contributed by atoms with Crippen LogP contribution < -0.4 is 4.74 Å². The molecule has 0 unspecified atom stereocenters. The van der Waals surface area contributed by atoms with Crippen LogP contribution in [0.5, 0.6) is 5.75 Å². The number of fused-ring (bicyclic) bond motifs is 1. The van der Waals surface area contributed by atoms with Gasteiger partial charge in [-0.3, -0.25) is 4.79 Å². The molecule has 0 atom stereocenters. The molecule has 0 N–H and O–H groups in total. The Hall–Kier alpha value is -2.47. The molecule has 1 amide bonds. The van der Waals surface area contributed by atoms with Gasteiger partial charge < -0.3 is 9.64 Å². The number of likely N-dealkylation sites (N-methyl/N-ethyl adjacent to an activating group) is 1. The zero-order valence-corrected chi connectivity index (χ0v) is 13.3. The monoisotopic (exact) mass is 330 g/mol. The van der Waals surface area contributed by atoms with Crippen molar-refractivity contribution in [3.8, 4) is 5.75 Å². The number of aromatic nitrogens is 1. The third kappa shape index (κ3) is 3.65. The van der Waals surface area contributed by atoms with Gasteiger partial charge in [0.1, 0.15) is 5.01 Å². The van der Waals surface area contributed by atoms with Crippen LogP contribution in [0.3, 0.4) is 0 Å². The number of thiazole rings is 1. The zero-order valence-electron chi connectivity index (χ0n) is 12.5. The number of carbonyl (C=O) groups excluding carboxylic acids is 1. The fourth-order valence-corrected chi connectivity index (χ4v) is 3.11. The third-order valence-electron chi connectivity index (χ3n) is 3.32. The Bertz CT molecular complexity index is 801. The summed E-state index contributed by atoms with van der Waals surface area (Å²) in [5.74, 6) is -0.629. The number of rotatable bonds is 5. The standard InChI is InChI=1S/C17H15FN2O2S/c1-20(10-16-19-13-7-3-5-9-15(13)23-16)17(21)11-22-14-8-4-2-6-12(14)18/h2-9H,10-11H2,1H3. The van der Waals surface area contributed by atoms with Crippen molar-refractivity contribution >= 4 is 27.5 Å². The predicted octanol–water partition coefficient (Wildman–Crippen LogP) is 3.47. The number of para-hydroxylation sites is 2. The highest BCUT2D eigenvalue weighted by Gasteiger charge is 2.13. The van der Waals surface area contributed by atoms with Crippen LogP contribution >= 0.6 is 11.3 Å². The molecule has 118 valence electrons. The minimum absolute atomic E-state index is 0.0780. The van der Waals surface area contributed by atoms with Gasteiger partial charge in [-0.1, -0.05) is 24.3 Å². The average Bonchev–Trinajstić information content (AvgIpc) is 2.96.